The van der Waals surface area contributed by atoms with Gasteiger partial charge in [-0.3, -0.25) is 10.1 Å². The molecule has 0 aromatic heterocycles. The molecular formula is C9H7BrFNO4. The number of alkyl halides is 1. The maximum Gasteiger partial charge on any atom is 0.340 e. The first-order valence-electron chi connectivity index (χ1n) is 4.12. The number of methoxy groups -OCH3 is 1. The molecule has 0 saturated heterocycles. The Bertz CT molecular complexity index is 449. The van der Waals surface area contributed by atoms with Gasteiger partial charge in [0.1, 0.15) is 5.82 Å². The van der Waals surface area contributed by atoms with E-state index in [0.717, 1.165) is 13.2 Å². The lowest BCUT2D eigenvalue weighted by Gasteiger charge is -2.04. The average Bonchev–Trinajstić information content (AvgIpc) is 2.27. The summed E-state index contributed by atoms with van der Waals surface area (Å²) in [5.74, 6) is -1.84. The highest BCUT2D eigenvalue weighted by Crippen LogP contribution is 2.25. The minimum Gasteiger partial charge on any atom is -0.465 e. The van der Waals surface area contributed by atoms with E-state index in [1.807, 2.05) is 0 Å². The largest absolute Gasteiger partial charge is 0.465 e. The van der Waals surface area contributed by atoms with Gasteiger partial charge in [-0.2, -0.15) is 0 Å². The fourth-order valence-electron chi connectivity index (χ4n) is 1.15. The average molecular weight is 292 g/mol. The number of esters is 1. The van der Waals surface area contributed by atoms with Crippen molar-refractivity contribution in [1.82, 2.24) is 0 Å². The number of halogens is 2. The summed E-state index contributed by atoms with van der Waals surface area (Å²) in [6.45, 7) is 0. The molecule has 1 aromatic carbocycles. The Morgan fingerprint density at radius 1 is 1.62 bits per heavy atom. The van der Waals surface area contributed by atoms with Crippen LogP contribution in [0.25, 0.3) is 0 Å². The predicted octanol–water partition coefficient (Wildman–Crippen LogP) is 2.42. The Morgan fingerprint density at radius 3 is 2.69 bits per heavy atom. The molecule has 0 aliphatic rings. The van der Waals surface area contributed by atoms with Crippen molar-refractivity contribution >= 4 is 27.6 Å². The molecule has 0 bridgehead atoms. The van der Waals surface area contributed by atoms with Crippen LogP contribution in [0.1, 0.15) is 15.9 Å². The molecule has 7 heteroatoms. The summed E-state index contributed by atoms with van der Waals surface area (Å²) in [6.07, 6.45) is 0. The first-order chi connectivity index (χ1) is 7.51. The molecule has 16 heavy (non-hydrogen) atoms. The summed E-state index contributed by atoms with van der Waals surface area (Å²) in [4.78, 5) is 21.0. The molecule has 0 heterocycles. The van der Waals surface area contributed by atoms with Crippen LogP contribution in [0.2, 0.25) is 0 Å². The minimum atomic E-state index is -0.969. The van der Waals surface area contributed by atoms with Crippen molar-refractivity contribution in [3.63, 3.8) is 0 Å². The SMILES string of the molecule is COC(=O)c1cc(CBr)c([N+](=O)[O-])cc1F. The van der Waals surface area contributed by atoms with Gasteiger partial charge in [0.05, 0.1) is 23.7 Å². The standard InChI is InChI=1S/C9H7BrFNO4/c1-16-9(13)6-2-5(4-10)8(12(14)15)3-7(6)11/h2-3H,4H2,1H3. The Hall–Kier alpha value is -1.50. The van der Waals surface area contributed by atoms with E-state index in [9.17, 15) is 19.3 Å². The molecule has 0 fully saturated rings. The van der Waals surface area contributed by atoms with Crippen molar-refractivity contribution in [2.45, 2.75) is 5.33 Å². The Balaban J connectivity index is 3.37. The lowest BCUT2D eigenvalue weighted by Crippen LogP contribution is -2.07. The first-order valence-corrected chi connectivity index (χ1v) is 5.24. The molecule has 0 N–H and O–H groups in total. The lowest BCUT2D eigenvalue weighted by molar-refractivity contribution is -0.385. The molecule has 1 rings (SSSR count). The molecule has 0 saturated carbocycles. The van der Waals surface area contributed by atoms with Gasteiger partial charge < -0.3 is 4.74 Å². The maximum atomic E-state index is 13.3. The number of nitro groups is 1. The number of carbonyl (C=O) groups is 1. The predicted molar refractivity (Wildman–Crippen MR) is 57.0 cm³/mol. The first kappa shape index (κ1) is 12.6. The summed E-state index contributed by atoms with van der Waals surface area (Å²) in [5.41, 5.74) is -0.476. The quantitative estimate of drug-likeness (QED) is 0.371. The third kappa shape index (κ3) is 2.35. The molecule has 5 nitrogen and oxygen atoms in total. The number of hydrogen-bond acceptors (Lipinski definition) is 4. The van der Waals surface area contributed by atoms with Crippen molar-refractivity contribution in [2.75, 3.05) is 7.11 Å². The monoisotopic (exact) mass is 291 g/mol. The molecule has 0 radical (unpaired) electrons. The fraction of sp³-hybridized carbons (Fsp3) is 0.222. The summed E-state index contributed by atoms with van der Waals surface area (Å²) >= 11 is 3.03. The van der Waals surface area contributed by atoms with E-state index in [2.05, 4.69) is 20.7 Å². The molecule has 0 aliphatic heterocycles. The number of nitro benzene ring substituents is 1. The molecule has 1 aromatic rings. The molecule has 0 spiro atoms. The molecule has 0 amide bonds. The van der Waals surface area contributed by atoms with Crippen LogP contribution in [0.5, 0.6) is 0 Å². The number of benzene rings is 1. The van der Waals surface area contributed by atoms with E-state index in [0.29, 0.717) is 6.07 Å². The second-order valence-electron chi connectivity index (χ2n) is 2.84. The smallest absolute Gasteiger partial charge is 0.340 e. The third-order valence-corrected chi connectivity index (χ3v) is 2.52. The van der Waals surface area contributed by atoms with Gasteiger partial charge in [0.15, 0.2) is 0 Å². The van der Waals surface area contributed by atoms with E-state index in [1.54, 1.807) is 0 Å². The third-order valence-electron chi connectivity index (χ3n) is 1.91. The highest BCUT2D eigenvalue weighted by molar-refractivity contribution is 9.08. The molecule has 0 aliphatic carbocycles. The van der Waals surface area contributed by atoms with Gasteiger partial charge in [-0.1, -0.05) is 15.9 Å². The number of carbonyl (C=O) groups excluding carboxylic acids is 1. The van der Waals surface area contributed by atoms with Crippen LogP contribution in [0.3, 0.4) is 0 Å². The summed E-state index contributed by atoms with van der Waals surface area (Å²) < 4.78 is 17.7. The second-order valence-corrected chi connectivity index (χ2v) is 3.40. The van der Waals surface area contributed by atoms with Gasteiger partial charge >= 0.3 is 5.97 Å². The van der Waals surface area contributed by atoms with Crippen LogP contribution >= 0.6 is 15.9 Å². The number of nitrogens with zero attached hydrogens (tertiary/aromatic N) is 1. The number of hydrogen-bond donors (Lipinski definition) is 0. The van der Waals surface area contributed by atoms with Crippen molar-refractivity contribution in [1.29, 1.82) is 0 Å². The second kappa shape index (κ2) is 5.02. The summed E-state index contributed by atoms with van der Waals surface area (Å²) in [5, 5.41) is 10.7. The van der Waals surface area contributed by atoms with E-state index in [1.165, 1.54) is 0 Å². The van der Waals surface area contributed by atoms with Crippen LogP contribution in [0.4, 0.5) is 10.1 Å². The summed E-state index contributed by atoms with van der Waals surface area (Å²) in [6, 6.07) is 1.82. The van der Waals surface area contributed by atoms with Gasteiger partial charge in [-0.25, -0.2) is 9.18 Å². The van der Waals surface area contributed by atoms with Crippen LogP contribution in [0, 0.1) is 15.9 Å². The van der Waals surface area contributed by atoms with Gasteiger partial charge in [0.25, 0.3) is 5.69 Å². The zero-order valence-electron chi connectivity index (χ0n) is 8.20. The lowest BCUT2D eigenvalue weighted by atomic mass is 10.1. The van der Waals surface area contributed by atoms with Gasteiger partial charge in [-0.15, -0.1) is 0 Å². The van der Waals surface area contributed by atoms with E-state index in [4.69, 9.17) is 0 Å². The normalized spacial score (nSPS) is 9.94. The number of ether oxygens (including phenoxy) is 1. The molecule has 86 valence electrons. The highest BCUT2D eigenvalue weighted by atomic mass is 79.9. The van der Waals surface area contributed by atoms with Crippen LogP contribution < -0.4 is 0 Å². The van der Waals surface area contributed by atoms with Gasteiger partial charge in [0, 0.05) is 10.9 Å². The van der Waals surface area contributed by atoms with Crippen molar-refractivity contribution in [3.8, 4) is 0 Å². The van der Waals surface area contributed by atoms with Gasteiger partial charge in [-0.05, 0) is 6.07 Å². The Kier molecular flexibility index (Phi) is 3.94. The zero-order valence-corrected chi connectivity index (χ0v) is 9.78. The van der Waals surface area contributed by atoms with Crippen molar-refractivity contribution in [3.05, 3.63) is 39.2 Å². The van der Waals surface area contributed by atoms with Crippen molar-refractivity contribution < 1.29 is 18.8 Å². The molecule has 0 unspecified atom stereocenters. The van der Waals surface area contributed by atoms with Crippen LogP contribution in [-0.2, 0) is 10.1 Å². The highest BCUT2D eigenvalue weighted by Gasteiger charge is 2.21. The molecule has 0 atom stereocenters. The maximum absolute atomic E-state index is 13.3. The molecular weight excluding hydrogens is 285 g/mol. The Morgan fingerprint density at radius 2 is 2.25 bits per heavy atom. The van der Waals surface area contributed by atoms with E-state index >= 15 is 0 Å². The minimum absolute atomic E-state index is 0.146. The number of rotatable bonds is 3. The summed E-state index contributed by atoms with van der Waals surface area (Å²) in [7, 11) is 1.11. The van der Waals surface area contributed by atoms with E-state index < -0.39 is 16.7 Å². The van der Waals surface area contributed by atoms with Crippen LogP contribution in [-0.4, -0.2) is 18.0 Å². The topological polar surface area (TPSA) is 69.4 Å². The van der Waals surface area contributed by atoms with Crippen LogP contribution in [0.15, 0.2) is 12.1 Å². The van der Waals surface area contributed by atoms with E-state index in [-0.39, 0.29) is 22.1 Å². The Labute approximate surface area is 98.5 Å². The van der Waals surface area contributed by atoms with Crippen molar-refractivity contribution in [2.24, 2.45) is 0 Å². The van der Waals surface area contributed by atoms with Gasteiger partial charge in [0.2, 0.25) is 0 Å². The zero-order chi connectivity index (χ0) is 12.3. The fourth-order valence-corrected chi connectivity index (χ4v) is 1.60.